The lowest BCUT2D eigenvalue weighted by Gasteiger charge is -2.02. The first-order valence-electron chi connectivity index (χ1n) is 1.25. The number of hydrogen-bond donors (Lipinski definition) is 3. The van der Waals surface area contributed by atoms with E-state index in [0.717, 1.165) is 0 Å². The van der Waals surface area contributed by atoms with Crippen molar-refractivity contribution in [1.82, 2.24) is 0 Å². The Kier molecular flexibility index (Phi) is 4.47. The van der Waals surface area contributed by atoms with Gasteiger partial charge in [0.15, 0.2) is 0 Å². The molecule has 0 aliphatic rings. The van der Waals surface area contributed by atoms with Gasteiger partial charge in [0.2, 0.25) is 0 Å². The molecule has 0 heterocycles. The van der Waals surface area contributed by atoms with E-state index in [1.165, 1.54) is 0 Å². The smallest absolute Gasteiger partial charge is 0.225 e. The zero-order valence-corrected chi connectivity index (χ0v) is 4.30. The van der Waals surface area contributed by atoms with Gasteiger partial charge in [-0.3, -0.25) is 0 Å². The Bertz CT molecular complexity index is 31.7. The van der Waals surface area contributed by atoms with Crippen LogP contribution in [0.1, 0.15) is 0 Å². The van der Waals surface area contributed by atoms with Gasteiger partial charge in [0.05, 0.1) is 0 Å². The van der Waals surface area contributed by atoms with Crippen LogP contribution in [0.4, 0.5) is 0 Å². The maximum absolute atomic E-state index is 4.51. The second-order valence-corrected chi connectivity index (χ2v) is 1.62. The minimum atomic E-state index is -1.72. The van der Waals surface area contributed by atoms with Gasteiger partial charge >= 0.3 is 8.60 Å². The average Bonchev–Trinajstić information content (AvgIpc) is 1.72. The fraction of sp³-hybridized carbons (Fsp3) is 0. The van der Waals surface area contributed by atoms with E-state index in [4.69, 9.17) is 0 Å². The zero-order chi connectivity index (χ0) is 5.70. The molecule has 0 aromatic carbocycles. The average molecular weight is 127 g/mol. The first-order chi connectivity index (χ1) is 3.35. The third-order valence-corrected chi connectivity index (χ3v) is 0.775. The molecule has 0 amide bonds. The first-order valence-corrected chi connectivity index (χ1v) is 2.35. The summed E-state index contributed by atoms with van der Waals surface area (Å²) < 4.78 is 11.8. The molecule has 0 fully saturated rings. The standard InChI is InChI=1S/H6N3O3P/c1-4-7(5-2)6-3/h1-3H2. The van der Waals surface area contributed by atoms with Crippen LogP contribution in [0.25, 0.3) is 0 Å². The lowest BCUT2D eigenvalue weighted by atomic mass is 13.6. The van der Waals surface area contributed by atoms with Gasteiger partial charge in [-0.1, -0.05) is 0 Å². The van der Waals surface area contributed by atoms with Gasteiger partial charge in [0.25, 0.3) is 0 Å². The predicted molar refractivity (Wildman–Crippen MR) is 22.7 cm³/mol. The molecule has 6 N–H and O–H groups in total. The first kappa shape index (κ1) is 7.19. The summed E-state index contributed by atoms with van der Waals surface area (Å²) in [5.74, 6) is 13.5. The van der Waals surface area contributed by atoms with E-state index in [9.17, 15) is 0 Å². The fourth-order valence-electron chi connectivity index (χ4n) is 0.0745. The van der Waals surface area contributed by atoms with Crippen LogP contribution in [-0.2, 0) is 13.9 Å². The number of nitrogens with two attached hydrogens (primary N) is 3. The third-order valence-electron chi connectivity index (χ3n) is 0.258. The summed E-state index contributed by atoms with van der Waals surface area (Å²) in [5, 5.41) is 0. The molecule has 0 rings (SSSR count). The molecule has 0 aromatic heterocycles. The Morgan fingerprint density at radius 2 is 1.14 bits per heavy atom. The Labute approximate surface area is 41.4 Å². The number of hydrogen-bond acceptors (Lipinski definition) is 6. The van der Waals surface area contributed by atoms with Crippen LogP contribution in [0.5, 0.6) is 0 Å². The molecular weight excluding hydrogens is 121 g/mol. The van der Waals surface area contributed by atoms with Crippen LogP contribution in [-0.4, -0.2) is 0 Å². The lowest BCUT2D eigenvalue weighted by molar-refractivity contribution is 0.165. The molecule has 0 aromatic rings. The maximum atomic E-state index is 4.51. The van der Waals surface area contributed by atoms with Crippen LogP contribution < -0.4 is 17.7 Å². The third kappa shape index (κ3) is 2.84. The zero-order valence-electron chi connectivity index (χ0n) is 3.40. The van der Waals surface area contributed by atoms with Gasteiger partial charge in [0, 0.05) is 0 Å². The van der Waals surface area contributed by atoms with E-state index in [1.807, 2.05) is 0 Å². The van der Waals surface area contributed by atoms with Gasteiger partial charge in [-0.15, -0.1) is 0 Å². The Morgan fingerprint density at radius 1 is 0.857 bits per heavy atom. The van der Waals surface area contributed by atoms with Gasteiger partial charge in [-0.05, 0) is 0 Å². The summed E-state index contributed by atoms with van der Waals surface area (Å²) >= 11 is 0. The van der Waals surface area contributed by atoms with Crippen molar-refractivity contribution in [2.24, 2.45) is 17.7 Å². The van der Waals surface area contributed by atoms with Gasteiger partial charge in [-0.25, -0.2) is 31.6 Å². The normalized spacial score (nSPS) is 10.3. The van der Waals surface area contributed by atoms with E-state index >= 15 is 0 Å². The topological polar surface area (TPSA) is 106 Å². The highest BCUT2D eigenvalue weighted by Gasteiger charge is 2.04. The van der Waals surface area contributed by atoms with Crippen molar-refractivity contribution in [3.63, 3.8) is 0 Å². The molecule has 0 aliphatic carbocycles. The van der Waals surface area contributed by atoms with Crippen LogP contribution in [0.3, 0.4) is 0 Å². The summed E-state index contributed by atoms with van der Waals surface area (Å²) in [6.07, 6.45) is 0. The summed E-state index contributed by atoms with van der Waals surface area (Å²) in [6, 6.07) is 0. The molecule has 0 saturated heterocycles. The lowest BCUT2D eigenvalue weighted by Crippen LogP contribution is -2.06. The van der Waals surface area contributed by atoms with Crippen molar-refractivity contribution in [2.75, 3.05) is 0 Å². The highest BCUT2D eigenvalue weighted by Crippen LogP contribution is 2.31. The van der Waals surface area contributed by atoms with Crippen molar-refractivity contribution >= 4 is 8.60 Å². The van der Waals surface area contributed by atoms with Crippen molar-refractivity contribution in [3.05, 3.63) is 0 Å². The minimum absolute atomic E-state index is 1.72. The van der Waals surface area contributed by atoms with Gasteiger partial charge < -0.3 is 0 Å². The van der Waals surface area contributed by atoms with Crippen LogP contribution >= 0.6 is 8.60 Å². The van der Waals surface area contributed by atoms with Crippen LogP contribution in [0.15, 0.2) is 0 Å². The molecule has 7 heteroatoms. The predicted octanol–water partition coefficient (Wildman–Crippen LogP) is -1.12. The summed E-state index contributed by atoms with van der Waals surface area (Å²) in [5.41, 5.74) is 0. The molecule has 0 atom stereocenters. The van der Waals surface area contributed by atoms with E-state index in [2.05, 4.69) is 31.6 Å². The van der Waals surface area contributed by atoms with Crippen molar-refractivity contribution in [2.45, 2.75) is 0 Å². The van der Waals surface area contributed by atoms with E-state index in [1.54, 1.807) is 0 Å². The highest BCUT2D eigenvalue weighted by atomic mass is 31.2. The minimum Gasteiger partial charge on any atom is -0.225 e. The molecular formula is H6N3O3P. The molecule has 0 aliphatic heterocycles. The largest absolute Gasteiger partial charge is 0.386 e. The van der Waals surface area contributed by atoms with Crippen molar-refractivity contribution in [3.8, 4) is 0 Å². The summed E-state index contributed by atoms with van der Waals surface area (Å²) in [6.45, 7) is 0. The van der Waals surface area contributed by atoms with Gasteiger partial charge in [0.1, 0.15) is 0 Å². The van der Waals surface area contributed by atoms with E-state index in [-0.39, 0.29) is 0 Å². The Morgan fingerprint density at radius 3 is 1.14 bits per heavy atom. The van der Waals surface area contributed by atoms with Gasteiger partial charge in [-0.2, -0.15) is 0 Å². The van der Waals surface area contributed by atoms with Crippen molar-refractivity contribution in [1.29, 1.82) is 0 Å². The second kappa shape index (κ2) is 4.35. The quantitative estimate of drug-likeness (QED) is 0.327. The molecule has 44 valence electrons. The van der Waals surface area contributed by atoms with Crippen LogP contribution in [0.2, 0.25) is 0 Å². The molecule has 0 unspecified atom stereocenters. The fourth-order valence-corrected chi connectivity index (χ4v) is 0.224. The summed E-state index contributed by atoms with van der Waals surface area (Å²) in [4.78, 5) is 0. The SMILES string of the molecule is NOP(ON)ON. The summed E-state index contributed by atoms with van der Waals surface area (Å²) in [7, 11) is -1.72. The molecule has 6 nitrogen and oxygen atoms in total. The molecule has 0 bridgehead atoms. The molecule has 0 saturated carbocycles. The Hall–Kier alpha value is 0.190. The Balaban J connectivity index is 2.99. The second-order valence-electron chi connectivity index (χ2n) is 0.540. The van der Waals surface area contributed by atoms with E-state index < -0.39 is 8.60 Å². The maximum Gasteiger partial charge on any atom is 0.386 e. The van der Waals surface area contributed by atoms with Crippen molar-refractivity contribution < 1.29 is 13.9 Å². The van der Waals surface area contributed by atoms with Crippen LogP contribution in [0, 0.1) is 0 Å². The molecule has 7 heavy (non-hydrogen) atoms. The van der Waals surface area contributed by atoms with E-state index in [0.29, 0.717) is 0 Å². The molecule has 0 spiro atoms. The molecule has 0 radical (unpaired) electrons. The monoisotopic (exact) mass is 127 g/mol. The highest BCUT2D eigenvalue weighted by molar-refractivity contribution is 7.41. The number of rotatable bonds is 3.